The number of halogens is 1. The van der Waals surface area contributed by atoms with Crippen molar-refractivity contribution in [3.63, 3.8) is 0 Å². The highest BCUT2D eigenvalue weighted by molar-refractivity contribution is 6.30. The van der Waals surface area contributed by atoms with Crippen molar-refractivity contribution in [1.29, 1.82) is 0 Å². The molecule has 2 aromatic heterocycles. The predicted octanol–water partition coefficient (Wildman–Crippen LogP) is 2.51. The number of rotatable bonds is 4. The number of Topliss-reactive ketones (excluding diaryl/α,β-unsaturated/α-hetero) is 1. The Morgan fingerprint density at radius 2 is 1.77 bits per heavy atom. The van der Waals surface area contributed by atoms with Crippen molar-refractivity contribution in [2.45, 2.75) is 6.54 Å². The molecule has 0 N–H and O–H groups in total. The molecule has 2 aromatic carbocycles. The molecule has 0 saturated heterocycles. The van der Waals surface area contributed by atoms with Crippen LogP contribution in [0.5, 0.6) is 0 Å². The molecule has 26 heavy (non-hydrogen) atoms. The number of carbonyl (C=O) groups excluding carboxylic acids is 1. The number of benzene rings is 2. The van der Waals surface area contributed by atoms with Crippen LogP contribution in [0, 0.1) is 0 Å². The molecule has 128 valence electrons. The zero-order chi connectivity index (χ0) is 18.1. The fourth-order valence-corrected chi connectivity index (χ4v) is 2.71. The van der Waals surface area contributed by atoms with E-state index in [2.05, 4.69) is 15.3 Å². The number of ketones is 1. The van der Waals surface area contributed by atoms with E-state index >= 15 is 0 Å². The van der Waals surface area contributed by atoms with E-state index in [0.717, 1.165) is 5.69 Å². The molecular weight excluding hydrogens is 354 g/mol. The van der Waals surface area contributed by atoms with Gasteiger partial charge in [0, 0.05) is 10.6 Å². The van der Waals surface area contributed by atoms with Gasteiger partial charge in [-0.05, 0) is 36.4 Å². The lowest BCUT2D eigenvalue weighted by Gasteiger charge is -2.05. The number of para-hydroxylation sites is 1. The Bertz CT molecular complexity index is 1150. The summed E-state index contributed by atoms with van der Waals surface area (Å²) in [5, 5.41) is 8.48. The lowest BCUT2D eigenvalue weighted by molar-refractivity contribution is 0.0970. The van der Waals surface area contributed by atoms with E-state index in [4.69, 9.17) is 11.6 Å². The van der Waals surface area contributed by atoms with Crippen molar-refractivity contribution in [3.05, 3.63) is 81.9 Å². The zero-order valence-electron chi connectivity index (χ0n) is 13.4. The largest absolute Gasteiger partial charge is 0.292 e. The third-order valence-corrected chi connectivity index (χ3v) is 4.16. The second-order valence-electron chi connectivity index (χ2n) is 5.62. The SMILES string of the molecule is O=C(Cn1cnc2c(nnn2-c2ccccc2)c1=O)c1ccc(Cl)cc1. The normalized spacial score (nSPS) is 11.0. The fraction of sp³-hybridized carbons (Fsp3) is 0.0556. The van der Waals surface area contributed by atoms with Crippen molar-refractivity contribution in [2.75, 3.05) is 0 Å². The Kier molecular flexibility index (Phi) is 4.06. The molecule has 4 aromatic rings. The number of hydrogen-bond donors (Lipinski definition) is 0. The molecule has 0 aliphatic carbocycles. The van der Waals surface area contributed by atoms with Crippen LogP contribution < -0.4 is 5.56 Å². The molecule has 0 fully saturated rings. The summed E-state index contributed by atoms with van der Waals surface area (Å²) in [7, 11) is 0. The molecule has 0 radical (unpaired) electrons. The van der Waals surface area contributed by atoms with Crippen LogP contribution in [-0.4, -0.2) is 30.3 Å². The fourth-order valence-electron chi connectivity index (χ4n) is 2.58. The van der Waals surface area contributed by atoms with Gasteiger partial charge in [-0.2, -0.15) is 4.68 Å². The second kappa shape index (κ2) is 6.53. The quantitative estimate of drug-likeness (QED) is 0.519. The summed E-state index contributed by atoms with van der Waals surface area (Å²) < 4.78 is 2.71. The lowest BCUT2D eigenvalue weighted by atomic mass is 10.1. The highest BCUT2D eigenvalue weighted by Crippen LogP contribution is 2.12. The highest BCUT2D eigenvalue weighted by Gasteiger charge is 2.15. The number of nitrogens with zero attached hydrogens (tertiary/aromatic N) is 5. The van der Waals surface area contributed by atoms with Crippen LogP contribution in [0.3, 0.4) is 0 Å². The van der Waals surface area contributed by atoms with Gasteiger partial charge in [0.05, 0.1) is 12.2 Å². The Morgan fingerprint density at radius 1 is 1.04 bits per heavy atom. The number of hydrogen-bond acceptors (Lipinski definition) is 5. The molecule has 2 heterocycles. The molecule has 8 heteroatoms. The van der Waals surface area contributed by atoms with Gasteiger partial charge in [0.1, 0.15) is 6.33 Å². The summed E-state index contributed by atoms with van der Waals surface area (Å²) in [5.74, 6) is -0.222. The van der Waals surface area contributed by atoms with Crippen LogP contribution >= 0.6 is 11.6 Å². The third kappa shape index (κ3) is 2.89. The highest BCUT2D eigenvalue weighted by atomic mass is 35.5. The molecule has 0 unspecified atom stereocenters. The molecule has 0 aliphatic heterocycles. The Balaban J connectivity index is 1.70. The summed E-state index contributed by atoms with van der Waals surface area (Å²) in [6.45, 7) is -0.137. The van der Waals surface area contributed by atoms with Crippen LogP contribution in [0.15, 0.2) is 65.7 Å². The third-order valence-electron chi connectivity index (χ3n) is 3.91. The summed E-state index contributed by atoms with van der Waals surface area (Å²) in [6.07, 6.45) is 1.33. The maximum absolute atomic E-state index is 12.6. The summed E-state index contributed by atoms with van der Waals surface area (Å²) >= 11 is 5.83. The molecule has 0 atom stereocenters. The average molecular weight is 366 g/mol. The van der Waals surface area contributed by atoms with Gasteiger partial charge in [-0.1, -0.05) is 35.0 Å². The summed E-state index contributed by atoms with van der Waals surface area (Å²) in [5.41, 5.74) is 1.25. The molecule has 0 saturated carbocycles. The van der Waals surface area contributed by atoms with Crippen molar-refractivity contribution >= 4 is 28.5 Å². The van der Waals surface area contributed by atoms with E-state index in [-0.39, 0.29) is 17.8 Å². The Morgan fingerprint density at radius 3 is 2.50 bits per heavy atom. The van der Waals surface area contributed by atoms with Gasteiger partial charge in [-0.3, -0.25) is 14.2 Å². The number of fused-ring (bicyclic) bond motifs is 1. The maximum Gasteiger partial charge on any atom is 0.283 e. The minimum absolute atomic E-state index is 0.111. The molecule has 0 bridgehead atoms. The Labute approximate surface area is 152 Å². The standard InChI is InChI=1S/C18H12ClN5O2/c19-13-8-6-12(7-9-13)15(25)10-23-11-20-17-16(18(23)26)21-22-24(17)14-4-2-1-3-5-14/h1-9,11H,10H2. The van der Waals surface area contributed by atoms with Gasteiger partial charge < -0.3 is 0 Å². The number of aromatic nitrogens is 5. The zero-order valence-corrected chi connectivity index (χ0v) is 14.2. The van der Waals surface area contributed by atoms with E-state index in [9.17, 15) is 9.59 Å². The van der Waals surface area contributed by atoms with Crippen molar-refractivity contribution < 1.29 is 4.79 Å². The van der Waals surface area contributed by atoms with Gasteiger partial charge in [0.2, 0.25) is 0 Å². The van der Waals surface area contributed by atoms with E-state index in [1.165, 1.54) is 15.6 Å². The first-order chi connectivity index (χ1) is 12.6. The van der Waals surface area contributed by atoms with Crippen molar-refractivity contribution in [3.8, 4) is 5.69 Å². The maximum atomic E-state index is 12.6. The predicted molar refractivity (Wildman–Crippen MR) is 96.7 cm³/mol. The van der Waals surface area contributed by atoms with Crippen LogP contribution in [-0.2, 0) is 6.54 Å². The van der Waals surface area contributed by atoms with Crippen LogP contribution in [0.2, 0.25) is 5.02 Å². The van der Waals surface area contributed by atoms with E-state index in [0.29, 0.717) is 16.2 Å². The van der Waals surface area contributed by atoms with Gasteiger partial charge in [-0.25, -0.2) is 4.98 Å². The lowest BCUT2D eigenvalue weighted by Crippen LogP contribution is -2.25. The molecule has 7 nitrogen and oxygen atoms in total. The average Bonchev–Trinajstić information content (AvgIpc) is 3.10. The van der Waals surface area contributed by atoms with Gasteiger partial charge >= 0.3 is 0 Å². The van der Waals surface area contributed by atoms with Gasteiger partial charge in [0.25, 0.3) is 5.56 Å². The molecule has 0 amide bonds. The first-order valence-corrected chi connectivity index (χ1v) is 8.16. The number of carbonyl (C=O) groups is 1. The molecule has 0 aliphatic rings. The molecule has 4 rings (SSSR count). The van der Waals surface area contributed by atoms with Crippen molar-refractivity contribution in [1.82, 2.24) is 24.5 Å². The monoisotopic (exact) mass is 365 g/mol. The smallest absolute Gasteiger partial charge is 0.283 e. The first kappa shape index (κ1) is 16.2. The molecular formula is C18H12ClN5O2. The minimum Gasteiger partial charge on any atom is -0.292 e. The summed E-state index contributed by atoms with van der Waals surface area (Å²) in [4.78, 5) is 29.3. The van der Waals surface area contributed by atoms with Gasteiger partial charge in [0.15, 0.2) is 16.9 Å². The first-order valence-electron chi connectivity index (χ1n) is 7.78. The second-order valence-corrected chi connectivity index (χ2v) is 6.05. The minimum atomic E-state index is -0.417. The van der Waals surface area contributed by atoms with Crippen LogP contribution in [0.4, 0.5) is 0 Å². The van der Waals surface area contributed by atoms with Gasteiger partial charge in [-0.15, -0.1) is 5.10 Å². The van der Waals surface area contributed by atoms with Crippen molar-refractivity contribution in [2.24, 2.45) is 0 Å². The van der Waals surface area contributed by atoms with E-state index in [1.54, 1.807) is 24.3 Å². The van der Waals surface area contributed by atoms with Crippen LogP contribution in [0.25, 0.3) is 16.9 Å². The van der Waals surface area contributed by atoms with E-state index < -0.39 is 5.56 Å². The summed E-state index contributed by atoms with van der Waals surface area (Å²) in [6, 6.07) is 15.8. The Hall–Kier alpha value is -3.32. The van der Waals surface area contributed by atoms with E-state index in [1.807, 2.05) is 30.3 Å². The van der Waals surface area contributed by atoms with Crippen LogP contribution in [0.1, 0.15) is 10.4 Å². The topological polar surface area (TPSA) is 82.7 Å². The molecule has 0 spiro atoms.